The third-order valence-corrected chi connectivity index (χ3v) is 4.11. The third kappa shape index (κ3) is 1.97. The van der Waals surface area contributed by atoms with Crippen LogP contribution >= 0.6 is 28.1 Å². The van der Waals surface area contributed by atoms with Crippen LogP contribution in [0.15, 0.2) is 0 Å². The van der Waals surface area contributed by atoms with Gasteiger partial charge in [0.2, 0.25) is 5.56 Å². The van der Waals surface area contributed by atoms with E-state index in [0.29, 0.717) is 0 Å². The van der Waals surface area contributed by atoms with Crippen molar-refractivity contribution in [3.63, 3.8) is 0 Å². The molecule has 2 fully saturated rings. The quantitative estimate of drug-likeness (QED) is 0.490. The SMILES string of the molecule is O=[P+]1OCC2(CO1)CO[P+](=O)OC2Cl. The van der Waals surface area contributed by atoms with Gasteiger partial charge in [-0.2, -0.15) is 0 Å². The van der Waals surface area contributed by atoms with Crippen molar-refractivity contribution < 1.29 is 27.2 Å². The molecule has 14 heavy (non-hydrogen) atoms. The Morgan fingerprint density at radius 1 is 1.07 bits per heavy atom. The Bertz CT molecular complexity index is 265. The van der Waals surface area contributed by atoms with Gasteiger partial charge >= 0.3 is 16.5 Å². The Kier molecular flexibility index (Phi) is 3.15. The number of hydrogen-bond donors (Lipinski definition) is 0. The van der Waals surface area contributed by atoms with Gasteiger partial charge in [-0.05, 0) is 0 Å². The van der Waals surface area contributed by atoms with E-state index in [4.69, 9.17) is 29.7 Å². The molecule has 6 nitrogen and oxygen atoms in total. The van der Waals surface area contributed by atoms with E-state index in [1.807, 2.05) is 0 Å². The van der Waals surface area contributed by atoms with E-state index in [1.165, 1.54) is 0 Å². The van der Waals surface area contributed by atoms with Gasteiger partial charge in [0.05, 0.1) is 0 Å². The molecule has 2 rings (SSSR count). The van der Waals surface area contributed by atoms with Crippen molar-refractivity contribution in [3.8, 4) is 0 Å². The minimum Gasteiger partial charge on any atom is -0.118 e. The van der Waals surface area contributed by atoms with E-state index in [-0.39, 0.29) is 19.8 Å². The second kappa shape index (κ2) is 4.06. The molecule has 0 aromatic carbocycles. The molecule has 2 unspecified atom stereocenters. The molecule has 0 aliphatic carbocycles. The number of rotatable bonds is 0. The summed E-state index contributed by atoms with van der Waals surface area (Å²) in [5.74, 6) is 0. The number of alkyl halides is 1. The molecular weight excluding hydrogens is 253 g/mol. The fourth-order valence-corrected chi connectivity index (χ4v) is 3.10. The zero-order valence-corrected chi connectivity index (χ0v) is 9.47. The molecule has 0 radical (unpaired) electrons. The fourth-order valence-electron chi connectivity index (χ4n) is 1.12. The van der Waals surface area contributed by atoms with Crippen LogP contribution < -0.4 is 0 Å². The van der Waals surface area contributed by atoms with E-state index >= 15 is 0 Å². The summed E-state index contributed by atoms with van der Waals surface area (Å²) >= 11 is 5.85. The highest BCUT2D eigenvalue weighted by Gasteiger charge is 2.57. The molecule has 2 atom stereocenters. The van der Waals surface area contributed by atoms with Gasteiger partial charge in [-0.25, -0.2) is 0 Å². The fraction of sp³-hybridized carbons (Fsp3) is 1.00. The molecule has 2 saturated heterocycles. The molecule has 0 bridgehead atoms. The van der Waals surface area contributed by atoms with Crippen LogP contribution in [0.3, 0.4) is 0 Å². The van der Waals surface area contributed by atoms with Gasteiger partial charge in [0.25, 0.3) is 0 Å². The Morgan fingerprint density at radius 3 is 2.07 bits per heavy atom. The van der Waals surface area contributed by atoms with Crippen LogP contribution in [0.1, 0.15) is 0 Å². The zero-order valence-electron chi connectivity index (χ0n) is 6.92. The molecule has 0 N–H and O–H groups in total. The molecular formula is C5H7ClO6P2+2. The first-order valence-electron chi connectivity index (χ1n) is 3.76. The van der Waals surface area contributed by atoms with Gasteiger partial charge in [-0.3, -0.25) is 0 Å². The van der Waals surface area contributed by atoms with Crippen LogP contribution in [0, 0.1) is 5.41 Å². The Morgan fingerprint density at radius 2 is 1.57 bits per heavy atom. The van der Waals surface area contributed by atoms with Crippen molar-refractivity contribution in [1.29, 1.82) is 0 Å². The molecule has 2 aliphatic heterocycles. The second-order valence-electron chi connectivity index (χ2n) is 3.05. The van der Waals surface area contributed by atoms with Crippen molar-refractivity contribution in [2.24, 2.45) is 5.41 Å². The number of hydrogen-bond acceptors (Lipinski definition) is 6. The summed E-state index contributed by atoms with van der Waals surface area (Å²) < 4.78 is 40.9. The van der Waals surface area contributed by atoms with Crippen LogP contribution in [0.5, 0.6) is 0 Å². The van der Waals surface area contributed by atoms with Gasteiger partial charge < -0.3 is 0 Å². The smallest absolute Gasteiger partial charge is 0.118 e. The molecule has 0 aromatic rings. The van der Waals surface area contributed by atoms with Crippen LogP contribution in [0.2, 0.25) is 0 Å². The topological polar surface area (TPSA) is 71.1 Å². The predicted octanol–water partition coefficient (Wildman–Crippen LogP) is 1.95. The highest BCUT2D eigenvalue weighted by Crippen LogP contribution is 2.48. The minimum atomic E-state index is -2.16. The average Bonchev–Trinajstić information content (AvgIpc) is 2.16. The van der Waals surface area contributed by atoms with E-state index in [1.54, 1.807) is 0 Å². The molecule has 2 heterocycles. The van der Waals surface area contributed by atoms with E-state index in [2.05, 4.69) is 0 Å². The summed E-state index contributed by atoms with van der Waals surface area (Å²) in [6.45, 7) is 0.332. The van der Waals surface area contributed by atoms with Gasteiger partial charge in [-0.1, -0.05) is 16.1 Å². The lowest BCUT2D eigenvalue weighted by atomic mass is 9.92. The Balaban J connectivity index is 2.08. The Labute approximate surface area is 86.7 Å². The summed E-state index contributed by atoms with van der Waals surface area (Å²) in [5.41, 5.74) is -1.53. The summed E-state index contributed by atoms with van der Waals surface area (Å²) in [6, 6.07) is 0. The van der Waals surface area contributed by atoms with Crippen molar-refractivity contribution in [3.05, 3.63) is 0 Å². The molecule has 0 amide bonds. The first-order chi connectivity index (χ1) is 6.62. The normalized spacial score (nSPS) is 44.2. The van der Waals surface area contributed by atoms with Crippen LogP contribution in [0.4, 0.5) is 0 Å². The van der Waals surface area contributed by atoms with Crippen LogP contribution in [-0.4, -0.2) is 25.4 Å². The summed E-state index contributed by atoms with van der Waals surface area (Å²) in [4.78, 5) is 0. The maximum Gasteiger partial charge on any atom is 0.698 e. The van der Waals surface area contributed by atoms with Crippen LogP contribution in [-0.2, 0) is 27.2 Å². The highest BCUT2D eigenvalue weighted by molar-refractivity contribution is 7.33. The van der Waals surface area contributed by atoms with Gasteiger partial charge in [-0.15, -0.1) is 13.6 Å². The summed E-state index contributed by atoms with van der Waals surface area (Å²) in [6.07, 6.45) is 0. The molecule has 0 saturated carbocycles. The number of halogens is 1. The average molecular weight is 261 g/mol. The maximum atomic E-state index is 10.8. The lowest BCUT2D eigenvalue weighted by Crippen LogP contribution is -2.47. The summed E-state index contributed by atoms with van der Waals surface area (Å²) in [5, 5.41) is 0. The van der Waals surface area contributed by atoms with Crippen LogP contribution in [0.25, 0.3) is 0 Å². The predicted molar refractivity (Wildman–Crippen MR) is 46.2 cm³/mol. The van der Waals surface area contributed by atoms with Crippen molar-refractivity contribution in [2.75, 3.05) is 19.8 Å². The minimum absolute atomic E-state index is 0.111. The zero-order chi connectivity index (χ0) is 10.2. The van der Waals surface area contributed by atoms with E-state index < -0.39 is 27.5 Å². The highest BCUT2D eigenvalue weighted by atomic mass is 35.5. The first-order valence-corrected chi connectivity index (χ1v) is 6.39. The summed E-state index contributed by atoms with van der Waals surface area (Å²) in [7, 11) is -4.22. The van der Waals surface area contributed by atoms with Gasteiger partial charge in [0.15, 0.2) is 0 Å². The standard InChI is InChI=1S/C5H7ClO6P2/c6-4-5(3-11-14(8)12-4)1-9-13(7)10-2-5/h4H,1-3H2/q+2. The molecule has 2 aliphatic rings. The largest absolute Gasteiger partial charge is 0.698 e. The molecule has 1 spiro atoms. The van der Waals surface area contributed by atoms with Crippen molar-refractivity contribution in [2.45, 2.75) is 5.56 Å². The van der Waals surface area contributed by atoms with Crippen molar-refractivity contribution >= 4 is 28.1 Å². The lowest BCUT2D eigenvalue weighted by molar-refractivity contribution is -0.0743. The van der Waals surface area contributed by atoms with Crippen molar-refractivity contribution in [1.82, 2.24) is 0 Å². The first kappa shape index (κ1) is 10.8. The third-order valence-electron chi connectivity index (χ3n) is 2.03. The molecule has 78 valence electrons. The second-order valence-corrected chi connectivity index (χ2v) is 5.33. The van der Waals surface area contributed by atoms with Gasteiger partial charge in [0, 0.05) is 9.13 Å². The van der Waals surface area contributed by atoms with E-state index in [9.17, 15) is 9.13 Å². The van der Waals surface area contributed by atoms with E-state index in [0.717, 1.165) is 0 Å². The molecule has 0 aromatic heterocycles. The Hall–Kier alpha value is 0.330. The van der Waals surface area contributed by atoms with Gasteiger partial charge in [0.1, 0.15) is 25.2 Å². The maximum absolute atomic E-state index is 10.8. The monoisotopic (exact) mass is 260 g/mol. The molecule has 9 heteroatoms. The lowest BCUT2D eigenvalue weighted by Gasteiger charge is -2.31.